The molecule has 0 amide bonds. The largest absolute Gasteiger partial charge is 0.376 e. The average Bonchev–Trinajstić information content (AvgIpc) is 2.97. The second-order valence-corrected chi connectivity index (χ2v) is 7.00. The number of nitrogens with zero attached hydrogens (tertiary/aromatic N) is 2. The third-order valence-corrected chi connectivity index (χ3v) is 4.03. The van der Waals surface area contributed by atoms with E-state index in [1.54, 1.807) is 0 Å². The Morgan fingerprint density at radius 3 is 2.85 bits per heavy atom. The molecule has 0 spiro atoms. The van der Waals surface area contributed by atoms with Crippen LogP contribution in [0.1, 0.15) is 39.4 Å². The Morgan fingerprint density at radius 2 is 2.20 bits per heavy atom. The van der Waals surface area contributed by atoms with E-state index in [0.717, 1.165) is 47.9 Å². The lowest BCUT2D eigenvalue weighted by Gasteiger charge is -2.22. The molecule has 20 heavy (non-hydrogen) atoms. The van der Waals surface area contributed by atoms with E-state index in [0.29, 0.717) is 6.10 Å². The van der Waals surface area contributed by atoms with Crippen LogP contribution < -0.4 is 0 Å². The fraction of sp³-hybridized carbons (Fsp3) is 0.562. The van der Waals surface area contributed by atoms with Crippen LogP contribution >= 0.6 is 11.6 Å². The normalized spacial score (nSPS) is 19.9. The second kappa shape index (κ2) is 5.05. The van der Waals surface area contributed by atoms with Crippen LogP contribution in [0.3, 0.4) is 0 Å². The summed E-state index contributed by atoms with van der Waals surface area (Å²) < 4.78 is 8.10. The Kier molecular flexibility index (Phi) is 3.51. The Hall–Kier alpha value is -1.06. The summed E-state index contributed by atoms with van der Waals surface area (Å²) in [7, 11) is 0. The molecule has 1 aromatic carbocycles. The average molecular weight is 293 g/mol. The Morgan fingerprint density at radius 1 is 1.40 bits per heavy atom. The number of fused-ring (bicyclic) bond motifs is 1. The van der Waals surface area contributed by atoms with E-state index in [9.17, 15) is 0 Å². The predicted octanol–water partition coefficient (Wildman–Crippen LogP) is 4.17. The van der Waals surface area contributed by atoms with Crippen LogP contribution in [0.5, 0.6) is 0 Å². The van der Waals surface area contributed by atoms with Crippen molar-refractivity contribution in [3.05, 3.63) is 29.0 Å². The quantitative estimate of drug-likeness (QED) is 0.831. The van der Waals surface area contributed by atoms with Gasteiger partial charge in [-0.2, -0.15) is 0 Å². The second-order valence-electron chi connectivity index (χ2n) is 6.56. The van der Waals surface area contributed by atoms with Crippen LogP contribution in [-0.2, 0) is 16.7 Å². The summed E-state index contributed by atoms with van der Waals surface area (Å²) in [6.45, 7) is 8.35. The van der Waals surface area contributed by atoms with Gasteiger partial charge in [0.2, 0.25) is 0 Å². The zero-order chi connectivity index (χ0) is 14.3. The summed E-state index contributed by atoms with van der Waals surface area (Å²) in [6, 6.07) is 5.94. The highest BCUT2D eigenvalue weighted by molar-refractivity contribution is 6.31. The third kappa shape index (κ3) is 2.57. The molecule has 3 rings (SSSR count). The number of imidazole rings is 1. The molecular weight excluding hydrogens is 272 g/mol. The molecule has 108 valence electrons. The Bertz CT molecular complexity index is 621. The molecule has 1 unspecified atom stereocenters. The van der Waals surface area contributed by atoms with Crippen LogP contribution in [0.2, 0.25) is 5.02 Å². The van der Waals surface area contributed by atoms with Gasteiger partial charge < -0.3 is 9.30 Å². The maximum Gasteiger partial charge on any atom is 0.115 e. The molecule has 1 atom stereocenters. The van der Waals surface area contributed by atoms with Gasteiger partial charge in [-0.05, 0) is 31.0 Å². The fourth-order valence-corrected chi connectivity index (χ4v) is 3.02. The number of benzene rings is 1. The summed E-state index contributed by atoms with van der Waals surface area (Å²) in [5.41, 5.74) is 2.12. The number of hydrogen-bond donors (Lipinski definition) is 0. The van der Waals surface area contributed by atoms with E-state index >= 15 is 0 Å². The van der Waals surface area contributed by atoms with Crippen molar-refractivity contribution >= 4 is 22.6 Å². The highest BCUT2D eigenvalue weighted by Crippen LogP contribution is 2.29. The van der Waals surface area contributed by atoms with Crippen molar-refractivity contribution in [2.45, 2.75) is 51.7 Å². The number of rotatable bonds is 2. The minimum Gasteiger partial charge on any atom is -0.376 e. The van der Waals surface area contributed by atoms with Crippen molar-refractivity contribution in [3.63, 3.8) is 0 Å². The van der Waals surface area contributed by atoms with E-state index < -0.39 is 0 Å². The molecule has 1 aliphatic rings. The van der Waals surface area contributed by atoms with Crippen molar-refractivity contribution < 1.29 is 4.74 Å². The number of halogens is 1. The number of ether oxygens (including phenoxy) is 1. The first kappa shape index (κ1) is 13.9. The molecular formula is C16H21ClN2O. The van der Waals surface area contributed by atoms with Gasteiger partial charge in [0.1, 0.15) is 5.82 Å². The van der Waals surface area contributed by atoms with Gasteiger partial charge in [0, 0.05) is 17.0 Å². The van der Waals surface area contributed by atoms with Gasteiger partial charge in [0.05, 0.1) is 23.7 Å². The standard InChI is InChI=1S/C16H21ClN2O/c1-16(2,3)15-18-13-9-11(17)6-7-14(13)19(15)10-12-5-4-8-20-12/h6-7,9,12H,4-5,8,10H2,1-3H3. The van der Waals surface area contributed by atoms with Crippen LogP contribution in [0.25, 0.3) is 11.0 Å². The van der Waals surface area contributed by atoms with Crippen LogP contribution in [0, 0.1) is 0 Å². The summed E-state index contributed by atoms with van der Waals surface area (Å²) in [5, 5.41) is 0.736. The minimum atomic E-state index is 0.00407. The molecule has 0 N–H and O–H groups in total. The lowest BCUT2D eigenvalue weighted by Crippen LogP contribution is -2.23. The summed E-state index contributed by atoms with van der Waals surface area (Å²) >= 11 is 6.09. The Labute approximate surface area is 124 Å². The minimum absolute atomic E-state index is 0.00407. The maximum absolute atomic E-state index is 6.09. The van der Waals surface area contributed by atoms with Gasteiger partial charge in [-0.25, -0.2) is 4.98 Å². The van der Waals surface area contributed by atoms with Crippen molar-refractivity contribution in [2.24, 2.45) is 0 Å². The molecule has 1 aliphatic heterocycles. The zero-order valence-electron chi connectivity index (χ0n) is 12.3. The highest BCUT2D eigenvalue weighted by Gasteiger charge is 2.25. The maximum atomic E-state index is 6.09. The lowest BCUT2D eigenvalue weighted by molar-refractivity contribution is 0.0965. The number of aromatic nitrogens is 2. The van der Waals surface area contributed by atoms with Crippen LogP contribution in [-0.4, -0.2) is 22.3 Å². The summed E-state index contributed by atoms with van der Waals surface area (Å²) in [4.78, 5) is 4.81. The molecule has 0 aliphatic carbocycles. The van der Waals surface area contributed by atoms with Gasteiger partial charge in [0.15, 0.2) is 0 Å². The fourth-order valence-electron chi connectivity index (χ4n) is 2.85. The molecule has 3 nitrogen and oxygen atoms in total. The molecule has 0 radical (unpaired) electrons. The molecule has 1 saturated heterocycles. The van der Waals surface area contributed by atoms with Crippen molar-refractivity contribution in [1.82, 2.24) is 9.55 Å². The van der Waals surface area contributed by atoms with E-state index in [1.165, 1.54) is 0 Å². The predicted molar refractivity (Wildman–Crippen MR) is 82.4 cm³/mol. The smallest absolute Gasteiger partial charge is 0.115 e. The summed E-state index contributed by atoms with van der Waals surface area (Å²) in [6.07, 6.45) is 2.61. The van der Waals surface area contributed by atoms with E-state index in [1.807, 2.05) is 12.1 Å². The van der Waals surface area contributed by atoms with E-state index in [4.69, 9.17) is 21.3 Å². The van der Waals surface area contributed by atoms with Crippen molar-refractivity contribution in [2.75, 3.05) is 6.61 Å². The van der Waals surface area contributed by atoms with Crippen LogP contribution in [0.4, 0.5) is 0 Å². The summed E-state index contributed by atoms with van der Waals surface area (Å²) in [5.74, 6) is 1.10. The monoisotopic (exact) mass is 292 g/mol. The molecule has 0 saturated carbocycles. The Balaban J connectivity index is 2.10. The highest BCUT2D eigenvalue weighted by atomic mass is 35.5. The third-order valence-electron chi connectivity index (χ3n) is 3.79. The first-order valence-electron chi connectivity index (χ1n) is 7.23. The zero-order valence-corrected chi connectivity index (χ0v) is 13.1. The van der Waals surface area contributed by atoms with Crippen molar-refractivity contribution in [3.8, 4) is 0 Å². The van der Waals surface area contributed by atoms with Crippen LogP contribution in [0.15, 0.2) is 18.2 Å². The molecule has 4 heteroatoms. The molecule has 1 aromatic heterocycles. The first-order valence-corrected chi connectivity index (χ1v) is 7.61. The van der Waals surface area contributed by atoms with Gasteiger partial charge in [-0.15, -0.1) is 0 Å². The van der Waals surface area contributed by atoms with Gasteiger partial charge in [0.25, 0.3) is 0 Å². The van der Waals surface area contributed by atoms with Gasteiger partial charge >= 0.3 is 0 Å². The van der Waals surface area contributed by atoms with Crippen molar-refractivity contribution in [1.29, 1.82) is 0 Å². The van der Waals surface area contributed by atoms with Gasteiger partial charge in [-0.1, -0.05) is 32.4 Å². The van der Waals surface area contributed by atoms with E-state index in [2.05, 4.69) is 31.4 Å². The number of hydrogen-bond acceptors (Lipinski definition) is 2. The molecule has 1 fully saturated rings. The molecule has 0 bridgehead atoms. The molecule has 2 heterocycles. The van der Waals surface area contributed by atoms with E-state index in [-0.39, 0.29) is 5.41 Å². The SMILES string of the molecule is CC(C)(C)c1nc2cc(Cl)ccc2n1CC1CCCO1. The lowest BCUT2D eigenvalue weighted by atomic mass is 9.95. The topological polar surface area (TPSA) is 27.1 Å². The first-order chi connectivity index (χ1) is 9.45. The molecule has 2 aromatic rings. The van der Waals surface area contributed by atoms with Gasteiger partial charge in [-0.3, -0.25) is 0 Å².